The second kappa shape index (κ2) is 7.69. The summed E-state index contributed by atoms with van der Waals surface area (Å²) in [6, 6.07) is 13.0. The third-order valence-corrected chi connectivity index (χ3v) is 4.12. The topological polar surface area (TPSA) is 50.7 Å². The fourth-order valence-electron chi connectivity index (χ4n) is 2.05. The van der Waals surface area contributed by atoms with Gasteiger partial charge in [-0.3, -0.25) is 4.79 Å². The Morgan fingerprint density at radius 1 is 1.20 bits per heavy atom. The van der Waals surface area contributed by atoms with Crippen LogP contribution in [0.2, 0.25) is 0 Å². The average molecular weight is 352 g/mol. The quantitative estimate of drug-likeness (QED) is 0.674. The Bertz CT molecular complexity index is 881. The highest BCUT2D eigenvalue weighted by Crippen LogP contribution is 2.28. The van der Waals surface area contributed by atoms with Gasteiger partial charge in [0.25, 0.3) is 5.91 Å². The van der Waals surface area contributed by atoms with E-state index in [1.807, 2.05) is 12.1 Å². The van der Waals surface area contributed by atoms with Gasteiger partial charge in [0.1, 0.15) is 18.2 Å². The molecule has 4 nitrogen and oxygen atoms in total. The number of nitrogens with zero attached hydrogens (tertiary/aromatic N) is 1. The summed E-state index contributed by atoms with van der Waals surface area (Å²) >= 11 is 1.23. The van der Waals surface area contributed by atoms with Crippen LogP contribution in [0, 0.1) is 18.2 Å². The van der Waals surface area contributed by atoms with E-state index in [1.54, 1.807) is 30.3 Å². The molecule has 1 aliphatic heterocycles. The molecule has 2 aromatic carbocycles. The van der Waals surface area contributed by atoms with Crippen molar-refractivity contribution >= 4 is 34.6 Å². The number of terminal acetylenes is 1. The number of ether oxygens (including phenoxy) is 1. The standard InChI is InChI=1S/C19H13FN2O2S/c1-2-11-24-16-9-3-13(4-10-16)12-17-18(23)22-19(25-17)21-15-7-5-14(20)6-8-15/h1,3-10,12H,11H2,(H,21,22,23)/b17-12+. The zero-order valence-electron chi connectivity index (χ0n) is 13.0. The maximum Gasteiger partial charge on any atom is 0.264 e. The summed E-state index contributed by atoms with van der Waals surface area (Å²) in [5.74, 6) is 2.51. The number of hydrogen-bond donors (Lipinski definition) is 1. The molecular weight excluding hydrogens is 339 g/mol. The largest absolute Gasteiger partial charge is 0.481 e. The molecule has 0 aromatic heterocycles. The van der Waals surface area contributed by atoms with Crippen LogP contribution in [0.4, 0.5) is 10.1 Å². The van der Waals surface area contributed by atoms with Gasteiger partial charge in [-0.1, -0.05) is 18.1 Å². The molecule has 0 saturated carbocycles. The van der Waals surface area contributed by atoms with E-state index in [1.165, 1.54) is 23.9 Å². The molecule has 1 amide bonds. The molecule has 0 bridgehead atoms. The highest BCUT2D eigenvalue weighted by molar-refractivity contribution is 8.18. The van der Waals surface area contributed by atoms with Crippen LogP contribution in [0.15, 0.2) is 58.4 Å². The molecule has 1 heterocycles. The third kappa shape index (κ3) is 4.49. The molecule has 3 rings (SSSR count). The number of rotatable bonds is 4. The summed E-state index contributed by atoms with van der Waals surface area (Å²) in [6.45, 7) is 0.210. The van der Waals surface area contributed by atoms with E-state index in [0.29, 0.717) is 21.5 Å². The zero-order valence-corrected chi connectivity index (χ0v) is 13.8. The van der Waals surface area contributed by atoms with Crippen LogP contribution >= 0.6 is 11.8 Å². The van der Waals surface area contributed by atoms with E-state index in [9.17, 15) is 9.18 Å². The molecule has 0 spiro atoms. The van der Waals surface area contributed by atoms with E-state index in [4.69, 9.17) is 11.2 Å². The minimum atomic E-state index is -0.331. The number of hydrogen-bond acceptors (Lipinski definition) is 4. The van der Waals surface area contributed by atoms with Crippen LogP contribution in [-0.4, -0.2) is 17.7 Å². The average Bonchev–Trinajstić information content (AvgIpc) is 2.95. The molecule has 1 N–H and O–H groups in total. The van der Waals surface area contributed by atoms with Crippen LogP contribution in [0.1, 0.15) is 5.56 Å². The van der Waals surface area contributed by atoms with Crippen molar-refractivity contribution in [1.29, 1.82) is 0 Å². The first-order valence-corrected chi connectivity index (χ1v) is 8.17. The Kier molecular flexibility index (Phi) is 5.17. The van der Waals surface area contributed by atoms with Crippen LogP contribution in [0.25, 0.3) is 6.08 Å². The monoisotopic (exact) mass is 352 g/mol. The molecule has 0 aliphatic carbocycles. The van der Waals surface area contributed by atoms with Crippen LogP contribution < -0.4 is 10.1 Å². The van der Waals surface area contributed by atoms with Gasteiger partial charge in [-0.25, -0.2) is 9.38 Å². The lowest BCUT2D eigenvalue weighted by Crippen LogP contribution is -2.19. The third-order valence-electron chi connectivity index (χ3n) is 3.21. The van der Waals surface area contributed by atoms with Crippen LogP contribution in [-0.2, 0) is 4.79 Å². The molecule has 1 fully saturated rings. The molecular formula is C19H13FN2O2S. The highest BCUT2D eigenvalue weighted by atomic mass is 32.2. The van der Waals surface area contributed by atoms with Gasteiger partial charge in [0.15, 0.2) is 5.17 Å². The first kappa shape index (κ1) is 16.8. The van der Waals surface area contributed by atoms with Crippen molar-refractivity contribution in [2.24, 2.45) is 4.99 Å². The van der Waals surface area contributed by atoms with Gasteiger partial charge in [-0.05, 0) is 59.8 Å². The Hall–Kier alpha value is -3.04. The lowest BCUT2D eigenvalue weighted by molar-refractivity contribution is -0.115. The van der Waals surface area contributed by atoms with Gasteiger partial charge in [-0.2, -0.15) is 0 Å². The normalized spacial score (nSPS) is 16.7. The maximum absolute atomic E-state index is 12.9. The lowest BCUT2D eigenvalue weighted by atomic mass is 10.2. The number of halogens is 1. The molecule has 0 radical (unpaired) electrons. The van der Waals surface area contributed by atoms with Gasteiger partial charge in [0.2, 0.25) is 0 Å². The Labute approximate surface area is 148 Å². The van der Waals surface area contributed by atoms with Crippen molar-refractivity contribution in [2.75, 3.05) is 6.61 Å². The number of thioether (sulfide) groups is 1. The van der Waals surface area contributed by atoms with E-state index in [-0.39, 0.29) is 18.3 Å². The first-order valence-electron chi connectivity index (χ1n) is 7.35. The van der Waals surface area contributed by atoms with Crippen molar-refractivity contribution in [3.8, 4) is 18.1 Å². The molecule has 25 heavy (non-hydrogen) atoms. The number of carbonyl (C=O) groups is 1. The molecule has 6 heteroatoms. The Balaban J connectivity index is 1.72. The summed E-state index contributed by atoms with van der Waals surface area (Å²) in [4.78, 5) is 16.9. The number of amides is 1. The van der Waals surface area contributed by atoms with Crippen molar-refractivity contribution in [1.82, 2.24) is 5.32 Å². The van der Waals surface area contributed by atoms with Gasteiger partial charge < -0.3 is 10.1 Å². The summed E-state index contributed by atoms with van der Waals surface area (Å²) < 4.78 is 18.2. The summed E-state index contributed by atoms with van der Waals surface area (Å²) in [5, 5.41) is 3.15. The van der Waals surface area contributed by atoms with Crippen molar-refractivity contribution in [2.45, 2.75) is 0 Å². The van der Waals surface area contributed by atoms with E-state index >= 15 is 0 Å². The summed E-state index contributed by atoms with van der Waals surface area (Å²) in [7, 11) is 0. The van der Waals surface area contributed by atoms with Gasteiger partial charge in [0.05, 0.1) is 10.6 Å². The van der Waals surface area contributed by atoms with E-state index in [0.717, 1.165) is 5.56 Å². The van der Waals surface area contributed by atoms with Crippen LogP contribution in [0.5, 0.6) is 5.75 Å². The fraction of sp³-hybridized carbons (Fsp3) is 0.0526. The summed E-state index contributed by atoms with van der Waals surface area (Å²) in [6.07, 6.45) is 6.91. The molecule has 2 aromatic rings. The number of benzene rings is 2. The van der Waals surface area contributed by atoms with E-state index < -0.39 is 0 Å². The van der Waals surface area contributed by atoms with Gasteiger partial charge in [-0.15, -0.1) is 6.42 Å². The molecule has 1 saturated heterocycles. The molecule has 0 atom stereocenters. The van der Waals surface area contributed by atoms with Gasteiger partial charge >= 0.3 is 0 Å². The fourth-order valence-corrected chi connectivity index (χ4v) is 2.89. The van der Waals surface area contributed by atoms with Crippen molar-refractivity contribution in [3.63, 3.8) is 0 Å². The predicted octanol–water partition coefficient (Wildman–Crippen LogP) is 3.73. The zero-order chi connectivity index (χ0) is 17.6. The minimum absolute atomic E-state index is 0.210. The minimum Gasteiger partial charge on any atom is -0.481 e. The van der Waals surface area contributed by atoms with Crippen LogP contribution in [0.3, 0.4) is 0 Å². The van der Waals surface area contributed by atoms with Crippen molar-refractivity contribution < 1.29 is 13.9 Å². The number of amidine groups is 1. The van der Waals surface area contributed by atoms with Crippen molar-refractivity contribution in [3.05, 3.63) is 64.8 Å². The Morgan fingerprint density at radius 3 is 2.60 bits per heavy atom. The Morgan fingerprint density at radius 2 is 1.92 bits per heavy atom. The second-order valence-electron chi connectivity index (χ2n) is 5.02. The number of carbonyl (C=O) groups excluding carboxylic acids is 1. The SMILES string of the molecule is C#CCOc1ccc(/C=C2/SC(=Nc3ccc(F)cc3)NC2=O)cc1. The predicted molar refractivity (Wildman–Crippen MR) is 98.0 cm³/mol. The second-order valence-corrected chi connectivity index (χ2v) is 6.05. The smallest absolute Gasteiger partial charge is 0.264 e. The first-order chi connectivity index (χ1) is 12.1. The maximum atomic E-state index is 12.9. The summed E-state index contributed by atoms with van der Waals surface area (Å²) in [5.41, 5.74) is 1.43. The van der Waals surface area contributed by atoms with E-state index in [2.05, 4.69) is 16.2 Å². The lowest BCUT2D eigenvalue weighted by Gasteiger charge is -2.02. The number of aliphatic imine (C=N–C) groups is 1. The number of nitrogens with one attached hydrogen (secondary N) is 1. The van der Waals surface area contributed by atoms with Gasteiger partial charge in [0, 0.05) is 0 Å². The molecule has 1 aliphatic rings. The molecule has 124 valence electrons. The highest BCUT2D eigenvalue weighted by Gasteiger charge is 2.23. The molecule has 0 unspecified atom stereocenters.